The molecule has 0 saturated carbocycles. The predicted molar refractivity (Wildman–Crippen MR) is 114 cm³/mol. The van der Waals surface area contributed by atoms with Crippen LogP contribution in [0.2, 0.25) is 5.02 Å². The standard InChI is InChI=1S/C20H18ClN3O3S/c1-2-13-27-16-10-7-15(8-11-16)19(26)23-24-20(28)22-18(25)12-9-14-5-3-4-6-17(14)21/h2-12H,1,13H2,(H,23,26)(H2,22,24,25,28). The molecule has 0 bridgehead atoms. The first-order valence-corrected chi connectivity index (χ1v) is 8.96. The van der Waals surface area contributed by atoms with Crippen molar-refractivity contribution in [1.82, 2.24) is 16.2 Å². The van der Waals surface area contributed by atoms with Gasteiger partial charge in [0.05, 0.1) is 0 Å². The summed E-state index contributed by atoms with van der Waals surface area (Å²) in [5, 5.41) is 2.90. The average molecular weight is 416 g/mol. The third-order valence-electron chi connectivity index (χ3n) is 3.33. The van der Waals surface area contributed by atoms with Crippen molar-refractivity contribution in [1.29, 1.82) is 0 Å². The van der Waals surface area contributed by atoms with Crippen molar-refractivity contribution in [3.05, 3.63) is 83.4 Å². The molecule has 0 fully saturated rings. The SMILES string of the molecule is C=CCOc1ccc(C(=O)NNC(=S)NC(=O)C=Cc2ccccc2Cl)cc1. The van der Waals surface area contributed by atoms with Gasteiger partial charge < -0.3 is 4.74 Å². The molecular weight excluding hydrogens is 398 g/mol. The number of hydrazine groups is 1. The first-order chi connectivity index (χ1) is 13.5. The number of thiocarbonyl (C=S) groups is 1. The zero-order valence-electron chi connectivity index (χ0n) is 14.8. The minimum Gasteiger partial charge on any atom is -0.490 e. The normalized spacial score (nSPS) is 10.2. The lowest BCUT2D eigenvalue weighted by atomic mass is 10.2. The van der Waals surface area contributed by atoms with Gasteiger partial charge in [-0.3, -0.25) is 25.8 Å². The van der Waals surface area contributed by atoms with Crippen LogP contribution >= 0.6 is 23.8 Å². The molecule has 8 heteroatoms. The van der Waals surface area contributed by atoms with E-state index in [4.69, 9.17) is 28.6 Å². The maximum atomic E-state index is 12.1. The van der Waals surface area contributed by atoms with Crippen molar-refractivity contribution in [2.24, 2.45) is 0 Å². The van der Waals surface area contributed by atoms with Crippen LogP contribution in [0.4, 0.5) is 0 Å². The molecule has 2 aromatic rings. The van der Waals surface area contributed by atoms with Gasteiger partial charge in [-0.25, -0.2) is 0 Å². The van der Waals surface area contributed by atoms with Crippen molar-refractivity contribution in [2.45, 2.75) is 0 Å². The minimum atomic E-state index is -0.463. The Balaban J connectivity index is 1.79. The molecule has 2 aromatic carbocycles. The van der Waals surface area contributed by atoms with Crippen LogP contribution in [0.15, 0.2) is 67.3 Å². The fourth-order valence-corrected chi connectivity index (χ4v) is 2.35. The van der Waals surface area contributed by atoms with Crippen LogP contribution in [-0.2, 0) is 4.79 Å². The van der Waals surface area contributed by atoms with Crippen LogP contribution in [0.1, 0.15) is 15.9 Å². The molecule has 0 aliphatic rings. The average Bonchev–Trinajstić information content (AvgIpc) is 2.70. The van der Waals surface area contributed by atoms with E-state index in [2.05, 4.69) is 22.7 Å². The molecule has 0 radical (unpaired) electrons. The van der Waals surface area contributed by atoms with Gasteiger partial charge in [-0.2, -0.15) is 0 Å². The first kappa shape index (κ1) is 21.1. The number of amides is 2. The van der Waals surface area contributed by atoms with E-state index in [9.17, 15) is 9.59 Å². The van der Waals surface area contributed by atoms with Gasteiger partial charge in [0.25, 0.3) is 5.91 Å². The van der Waals surface area contributed by atoms with Gasteiger partial charge >= 0.3 is 0 Å². The Hall–Kier alpha value is -3.16. The van der Waals surface area contributed by atoms with E-state index in [1.54, 1.807) is 54.6 Å². The van der Waals surface area contributed by atoms with E-state index in [1.807, 2.05) is 6.07 Å². The largest absolute Gasteiger partial charge is 0.490 e. The van der Waals surface area contributed by atoms with Gasteiger partial charge in [0, 0.05) is 16.7 Å². The second kappa shape index (κ2) is 10.9. The summed E-state index contributed by atoms with van der Waals surface area (Å²) in [5.74, 6) is -0.258. The van der Waals surface area contributed by atoms with Gasteiger partial charge in [-0.1, -0.05) is 42.5 Å². The zero-order chi connectivity index (χ0) is 20.4. The van der Waals surface area contributed by atoms with E-state index in [-0.39, 0.29) is 5.11 Å². The van der Waals surface area contributed by atoms with E-state index < -0.39 is 11.8 Å². The fraction of sp³-hybridized carbons (Fsp3) is 0.0500. The third kappa shape index (κ3) is 6.86. The highest BCUT2D eigenvalue weighted by Crippen LogP contribution is 2.16. The Bertz CT molecular complexity index is 898. The number of hydrogen-bond acceptors (Lipinski definition) is 4. The number of benzene rings is 2. The number of halogens is 1. The lowest BCUT2D eigenvalue weighted by Gasteiger charge is -2.10. The van der Waals surface area contributed by atoms with Crippen molar-refractivity contribution < 1.29 is 14.3 Å². The van der Waals surface area contributed by atoms with Crippen molar-refractivity contribution in [2.75, 3.05) is 6.61 Å². The number of carbonyl (C=O) groups is 2. The van der Waals surface area contributed by atoms with Gasteiger partial charge in [0.1, 0.15) is 12.4 Å². The molecule has 0 heterocycles. The third-order valence-corrected chi connectivity index (χ3v) is 3.88. The molecule has 0 saturated heterocycles. The molecule has 144 valence electrons. The topological polar surface area (TPSA) is 79.5 Å². The second-order valence-electron chi connectivity index (χ2n) is 5.38. The molecule has 6 nitrogen and oxygen atoms in total. The van der Waals surface area contributed by atoms with Crippen molar-refractivity contribution >= 4 is 46.8 Å². The van der Waals surface area contributed by atoms with Gasteiger partial charge in [-0.15, -0.1) is 0 Å². The highest BCUT2D eigenvalue weighted by molar-refractivity contribution is 7.80. The Morgan fingerprint density at radius 1 is 1.11 bits per heavy atom. The molecule has 0 atom stereocenters. The Morgan fingerprint density at radius 3 is 2.50 bits per heavy atom. The Morgan fingerprint density at radius 2 is 1.82 bits per heavy atom. The van der Waals surface area contributed by atoms with E-state index in [0.29, 0.717) is 28.5 Å². The number of ether oxygens (including phenoxy) is 1. The van der Waals surface area contributed by atoms with E-state index >= 15 is 0 Å². The maximum Gasteiger partial charge on any atom is 0.269 e. The lowest BCUT2D eigenvalue weighted by Crippen LogP contribution is -2.48. The Kier molecular flexibility index (Phi) is 8.20. The summed E-state index contributed by atoms with van der Waals surface area (Å²) in [4.78, 5) is 24.0. The molecule has 0 unspecified atom stereocenters. The smallest absolute Gasteiger partial charge is 0.269 e. The maximum absolute atomic E-state index is 12.1. The highest BCUT2D eigenvalue weighted by atomic mass is 35.5. The van der Waals surface area contributed by atoms with Gasteiger partial charge in [0.2, 0.25) is 5.91 Å². The highest BCUT2D eigenvalue weighted by Gasteiger charge is 2.07. The lowest BCUT2D eigenvalue weighted by molar-refractivity contribution is -0.115. The minimum absolute atomic E-state index is 0.0481. The van der Waals surface area contributed by atoms with Crippen LogP contribution in [0.3, 0.4) is 0 Å². The predicted octanol–water partition coefficient (Wildman–Crippen LogP) is 3.25. The summed E-state index contributed by atoms with van der Waals surface area (Å²) in [6.07, 6.45) is 4.48. The molecule has 2 rings (SSSR count). The quantitative estimate of drug-likeness (QED) is 0.292. The first-order valence-electron chi connectivity index (χ1n) is 8.17. The van der Waals surface area contributed by atoms with Crippen LogP contribution in [-0.4, -0.2) is 23.5 Å². The Labute approximate surface area is 173 Å². The van der Waals surface area contributed by atoms with Crippen LogP contribution < -0.4 is 20.9 Å². The summed E-state index contributed by atoms with van der Waals surface area (Å²) in [6.45, 7) is 3.94. The summed E-state index contributed by atoms with van der Waals surface area (Å²) >= 11 is 11.0. The second-order valence-corrected chi connectivity index (χ2v) is 6.19. The van der Waals surface area contributed by atoms with E-state index in [1.165, 1.54) is 6.08 Å². The fourth-order valence-electron chi connectivity index (χ4n) is 2.00. The van der Waals surface area contributed by atoms with E-state index in [0.717, 1.165) is 0 Å². The molecule has 2 amide bonds. The van der Waals surface area contributed by atoms with Gasteiger partial charge in [-0.05, 0) is 54.2 Å². The van der Waals surface area contributed by atoms with Crippen LogP contribution in [0.5, 0.6) is 5.75 Å². The monoisotopic (exact) mass is 415 g/mol. The molecule has 0 aliphatic carbocycles. The number of hydrogen-bond donors (Lipinski definition) is 3. The zero-order valence-corrected chi connectivity index (χ0v) is 16.3. The van der Waals surface area contributed by atoms with Gasteiger partial charge in [0.15, 0.2) is 5.11 Å². The van der Waals surface area contributed by atoms with Crippen LogP contribution in [0, 0.1) is 0 Å². The molecule has 0 aliphatic heterocycles. The molecule has 0 spiro atoms. The molecule has 0 aromatic heterocycles. The number of carbonyl (C=O) groups excluding carboxylic acids is 2. The summed E-state index contributed by atoms with van der Waals surface area (Å²) < 4.78 is 5.35. The van der Waals surface area contributed by atoms with Crippen molar-refractivity contribution in [3.8, 4) is 5.75 Å². The summed E-state index contributed by atoms with van der Waals surface area (Å²) in [6, 6.07) is 13.6. The summed E-state index contributed by atoms with van der Waals surface area (Å²) in [5.41, 5.74) is 5.96. The molecular formula is C20H18ClN3O3S. The molecule has 3 N–H and O–H groups in total. The van der Waals surface area contributed by atoms with Crippen molar-refractivity contribution in [3.63, 3.8) is 0 Å². The van der Waals surface area contributed by atoms with Crippen LogP contribution in [0.25, 0.3) is 6.08 Å². The number of nitrogens with one attached hydrogen (secondary N) is 3. The summed E-state index contributed by atoms with van der Waals surface area (Å²) in [7, 11) is 0. The number of rotatable bonds is 6. The molecule has 28 heavy (non-hydrogen) atoms.